The first-order valence-electron chi connectivity index (χ1n) is 6.83. The van der Waals surface area contributed by atoms with Crippen LogP contribution in [0, 0.1) is 0 Å². The molecule has 4 heteroatoms. The Hall–Kier alpha value is -1.45. The van der Waals surface area contributed by atoms with Crippen LogP contribution in [0.15, 0.2) is 35.7 Å². The van der Waals surface area contributed by atoms with E-state index in [0.717, 1.165) is 21.6 Å². The van der Waals surface area contributed by atoms with Crippen LogP contribution in [-0.2, 0) is 0 Å². The highest BCUT2D eigenvalue weighted by Gasteiger charge is 2.24. The number of hydrogen-bond donors (Lipinski definition) is 0. The molecule has 100 valence electrons. The third-order valence-electron chi connectivity index (χ3n) is 3.96. The first-order chi connectivity index (χ1) is 9.83. The average molecular weight is 301 g/mol. The Bertz CT molecular complexity index is 763. The van der Waals surface area contributed by atoms with Gasteiger partial charge in [0.25, 0.3) is 0 Å². The number of nitrogens with zero attached hydrogens (tertiary/aromatic N) is 2. The molecule has 1 aromatic carbocycles. The van der Waals surface area contributed by atoms with Gasteiger partial charge >= 0.3 is 0 Å². The lowest BCUT2D eigenvalue weighted by atomic mass is 9.85. The second kappa shape index (κ2) is 4.83. The molecule has 0 saturated heterocycles. The smallest absolute Gasteiger partial charge is 0.142 e. The maximum atomic E-state index is 6.44. The number of aromatic nitrogens is 2. The number of hydrogen-bond acceptors (Lipinski definition) is 3. The van der Waals surface area contributed by atoms with Crippen LogP contribution in [0.5, 0.6) is 0 Å². The maximum Gasteiger partial charge on any atom is 0.142 e. The summed E-state index contributed by atoms with van der Waals surface area (Å²) in [5.41, 5.74) is 2.30. The molecule has 0 atom stereocenters. The van der Waals surface area contributed by atoms with Crippen LogP contribution < -0.4 is 0 Å². The van der Waals surface area contributed by atoms with Crippen molar-refractivity contribution in [2.45, 2.75) is 25.2 Å². The Morgan fingerprint density at radius 1 is 1.10 bits per heavy atom. The minimum atomic E-state index is 0.513. The van der Waals surface area contributed by atoms with Gasteiger partial charge in [0.05, 0.1) is 5.39 Å². The van der Waals surface area contributed by atoms with E-state index in [-0.39, 0.29) is 0 Å². The Morgan fingerprint density at radius 3 is 2.60 bits per heavy atom. The highest BCUT2D eigenvalue weighted by molar-refractivity contribution is 7.17. The van der Waals surface area contributed by atoms with Crippen molar-refractivity contribution in [2.24, 2.45) is 0 Å². The van der Waals surface area contributed by atoms with E-state index >= 15 is 0 Å². The van der Waals surface area contributed by atoms with E-state index in [1.54, 1.807) is 11.3 Å². The van der Waals surface area contributed by atoms with Gasteiger partial charge in [-0.05, 0) is 18.4 Å². The summed E-state index contributed by atoms with van der Waals surface area (Å²) < 4.78 is 0. The van der Waals surface area contributed by atoms with Crippen LogP contribution in [-0.4, -0.2) is 9.97 Å². The summed E-state index contributed by atoms with van der Waals surface area (Å²) in [7, 11) is 0. The lowest BCUT2D eigenvalue weighted by Crippen LogP contribution is -2.12. The molecule has 0 spiro atoms. The van der Waals surface area contributed by atoms with Crippen molar-refractivity contribution in [1.82, 2.24) is 9.97 Å². The standard InChI is InChI=1S/C16H13ClN2S/c17-14-13-12(10-5-2-1-3-6-10)9-20-16(13)19-15(18-14)11-7-4-8-11/h1-3,5-6,9,11H,4,7-8H2. The Morgan fingerprint density at radius 2 is 1.90 bits per heavy atom. The lowest BCUT2D eigenvalue weighted by molar-refractivity contribution is 0.402. The van der Waals surface area contributed by atoms with Crippen LogP contribution in [0.1, 0.15) is 31.0 Å². The summed E-state index contributed by atoms with van der Waals surface area (Å²) in [5.74, 6) is 1.44. The second-order valence-corrected chi connectivity index (χ2v) is 6.41. The highest BCUT2D eigenvalue weighted by Crippen LogP contribution is 2.40. The molecule has 0 N–H and O–H groups in total. The molecular weight excluding hydrogens is 288 g/mol. The molecule has 1 saturated carbocycles. The zero-order valence-electron chi connectivity index (χ0n) is 10.8. The molecule has 1 fully saturated rings. The molecule has 20 heavy (non-hydrogen) atoms. The Labute approximate surface area is 126 Å². The Kier molecular flexibility index (Phi) is 2.97. The van der Waals surface area contributed by atoms with Crippen molar-refractivity contribution in [1.29, 1.82) is 0 Å². The van der Waals surface area contributed by atoms with Crippen LogP contribution in [0.4, 0.5) is 0 Å². The molecule has 0 unspecified atom stereocenters. The summed E-state index contributed by atoms with van der Waals surface area (Å²) >= 11 is 8.09. The molecule has 0 radical (unpaired) electrons. The average Bonchev–Trinajstić information content (AvgIpc) is 2.82. The third-order valence-corrected chi connectivity index (χ3v) is 5.11. The van der Waals surface area contributed by atoms with E-state index in [1.165, 1.54) is 24.8 Å². The summed E-state index contributed by atoms with van der Waals surface area (Å²) in [5, 5.41) is 3.72. The van der Waals surface area contributed by atoms with Gasteiger partial charge in [-0.3, -0.25) is 0 Å². The predicted octanol–water partition coefficient (Wildman–Crippen LogP) is 5.28. The van der Waals surface area contributed by atoms with Crippen molar-refractivity contribution < 1.29 is 0 Å². The van der Waals surface area contributed by atoms with E-state index in [4.69, 9.17) is 16.6 Å². The van der Waals surface area contributed by atoms with Gasteiger partial charge in [0, 0.05) is 16.9 Å². The van der Waals surface area contributed by atoms with E-state index in [1.807, 2.05) is 18.2 Å². The van der Waals surface area contributed by atoms with Crippen LogP contribution >= 0.6 is 22.9 Å². The van der Waals surface area contributed by atoms with Crippen molar-refractivity contribution in [3.63, 3.8) is 0 Å². The number of halogens is 1. The molecule has 0 bridgehead atoms. The zero-order valence-corrected chi connectivity index (χ0v) is 12.4. The van der Waals surface area contributed by atoms with Crippen molar-refractivity contribution in [3.05, 3.63) is 46.7 Å². The summed E-state index contributed by atoms with van der Waals surface area (Å²) in [6, 6.07) is 10.3. The fourth-order valence-electron chi connectivity index (χ4n) is 2.59. The predicted molar refractivity (Wildman–Crippen MR) is 84.5 cm³/mol. The SMILES string of the molecule is Clc1nc(C2CCC2)nc2scc(-c3ccccc3)c12. The van der Waals surface area contributed by atoms with Gasteiger partial charge in [0.2, 0.25) is 0 Å². The molecule has 0 amide bonds. The van der Waals surface area contributed by atoms with Gasteiger partial charge < -0.3 is 0 Å². The number of rotatable bonds is 2. The topological polar surface area (TPSA) is 25.8 Å². The molecular formula is C16H13ClN2S. The van der Waals surface area contributed by atoms with E-state index < -0.39 is 0 Å². The summed E-state index contributed by atoms with van der Waals surface area (Å²) in [6.45, 7) is 0. The van der Waals surface area contributed by atoms with Crippen LogP contribution in [0.25, 0.3) is 21.3 Å². The number of thiophene rings is 1. The molecule has 1 aliphatic carbocycles. The first kappa shape index (κ1) is 12.3. The van der Waals surface area contributed by atoms with Gasteiger partial charge in [0.1, 0.15) is 15.8 Å². The van der Waals surface area contributed by atoms with Gasteiger partial charge in [-0.25, -0.2) is 9.97 Å². The fourth-order valence-corrected chi connectivity index (χ4v) is 3.88. The van der Waals surface area contributed by atoms with Gasteiger partial charge in [-0.1, -0.05) is 48.4 Å². The second-order valence-electron chi connectivity index (χ2n) is 5.20. The monoisotopic (exact) mass is 300 g/mol. The van der Waals surface area contributed by atoms with Crippen LogP contribution in [0.2, 0.25) is 5.15 Å². The molecule has 2 heterocycles. The van der Waals surface area contributed by atoms with Gasteiger partial charge in [-0.15, -0.1) is 11.3 Å². The number of benzene rings is 1. The molecule has 0 aliphatic heterocycles. The fraction of sp³-hybridized carbons (Fsp3) is 0.250. The molecule has 1 aliphatic rings. The van der Waals surface area contributed by atoms with E-state index in [0.29, 0.717) is 11.1 Å². The maximum absolute atomic E-state index is 6.44. The normalized spacial score (nSPS) is 15.4. The lowest BCUT2D eigenvalue weighted by Gasteiger charge is -2.23. The molecule has 4 rings (SSSR count). The zero-order chi connectivity index (χ0) is 13.5. The van der Waals surface area contributed by atoms with E-state index in [2.05, 4.69) is 22.5 Å². The highest BCUT2D eigenvalue weighted by atomic mass is 35.5. The van der Waals surface area contributed by atoms with Gasteiger partial charge in [0.15, 0.2) is 0 Å². The minimum Gasteiger partial charge on any atom is -0.222 e. The van der Waals surface area contributed by atoms with Gasteiger partial charge in [-0.2, -0.15) is 0 Å². The largest absolute Gasteiger partial charge is 0.222 e. The van der Waals surface area contributed by atoms with Crippen molar-refractivity contribution in [2.75, 3.05) is 0 Å². The summed E-state index contributed by atoms with van der Waals surface area (Å²) in [6.07, 6.45) is 3.67. The minimum absolute atomic E-state index is 0.513. The first-order valence-corrected chi connectivity index (χ1v) is 8.09. The number of fused-ring (bicyclic) bond motifs is 1. The van der Waals surface area contributed by atoms with Crippen molar-refractivity contribution >= 4 is 33.2 Å². The van der Waals surface area contributed by atoms with Crippen molar-refractivity contribution in [3.8, 4) is 11.1 Å². The molecule has 3 aromatic rings. The quantitative estimate of drug-likeness (QED) is 0.602. The molecule has 2 aromatic heterocycles. The summed E-state index contributed by atoms with van der Waals surface area (Å²) in [4.78, 5) is 10.3. The molecule has 2 nitrogen and oxygen atoms in total. The van der Waals surface area contributed by atoms with Crippen LogP contribution in [0.3, 0.4) is 0 Å². The van der Waals surface area contributed by atoms with E-state index in [9.17, 15) is 0 Å². The Balaban J connectivity index is 1.88. The third kappa shape index (κ3) is 1.93.